The lowest BCUT2D eigenvalue weighted by molar-refractivity contribution is 0.0953. The van der Waals surface area contributed by atoms with Crippen molar-refractivity contribution in [3.63, 3.8) is 0 Å². The molecule has 1 aromatic carbocycles. The first-order valence-electron chi connectivity index (χ1n) is 4.10. The van der Waals surface area contributed by atoms with E-state index in [1.807, 2.05) is 5.43 Å². The van der Waals surface area contributed by atoms with Crippen molar-refractivity contribution in [1.29, 1.82) is 0 Å². The molecule has 6 heteroatoms. The summed E-state index contributed by atoms with van der Waals surface area (Å²) in [6.45, 7) is 0. The second kappa shape index (κ2) is 4.52. The van der Waals surface area contributed by atoms with E-state index in [1.165, 1.54) is 26.4 Å². The Balaban J connectivity index is 3.26. The van der Waals surface area contributed by atoms with Crippen LogP contribution in [-0.4, -0.2) is 25.2 Å². The summed E-state index contributed by atoms with van der Waals surface area (Å²) < 4.78 is 9.74. The number of carbonyl (C=O) groups excluding carboxylic acids is 1. The highest BCUT2D eigenvalue weighted by molar-refractivity contribution is 5.95. The monoisotopic (exact) mass is 212 g/mol. The predicted octanol–water partition coefficient (Wildman–Crippen LogP) is 0.0129. The summed E-state index contributed by atoms with van der Waals surface area (Å²) in [4.78, 5) is 11.2. The van der Waals surface area contributed by atoms with Gasteiger partial charge in [0.2, 0.25) is 5.75 Å². The zero-order valence-electron chi connectivity index (χ0n) is 8.40. The zero-order valence-corrected chi connectivity index (χ0v) is 8.40. The van der Waals surface area contributed by atoms with Gasteiger partial charge in [-0.15, -0.1) is 0 Å². The molecule has 0 bridgehead atoms. The average Bonchev–Trinajstić information content (AvgIpc) is 2.28. The standard InChI is InChI=1S/C9H12N2O4/c1-14-6-3-5(9(13)11-10)4-7(15-2)8(6)12/h3-4,12H,10H2,1-2H3,(H,11,13). The second-order valence-corrected chi connectivity index (χ2v) is 2.70. The molecule has 4 N–H and O–H groups in total. The lowest BCUT2D eigenvalue weighted by Crippen LogP contribution is -2.29. The first kappa shape index (κ1) is 11.1. The Morgan fingerprint density at radius 2 is 1.80 bits per heavy atom. The van der Waals surface area contributed by atoms with E-state index >= 15 is 0 Å². The number of aromatic hydroxyl groups is 1. The van der Waals surface area contributed by atoms with Gasteiger partial charge in [0.05, 0.1) is 14.2 Å². The van der Waals surface area contributed by atoms with Crippen molar-refractivity contribution in [2.45, 2.75) is 0 Å². The van der Waals surface area contributed by atoms with Crippen molar-refractivity contribution in [3.05, 3.63) is 17.7 Å². The van der Waals surface area contributed by atoms with Gasteiger partial charge in [0, 0.05) is 5.56 Å². The van der Waals surface area contributed by atoms with Gasteiger partial charge < -0.3 is 14.6 Å². The van der Waals surface area contributed by atoms with E-state index in [0.29, 0.717) is 0 Å². The van der Waals surface area contributed by atoms with Crippen molar-refractivity contribution in [2.75, 3.05) is 14.2 Å². The Hall–Kier alpha value is -1.95. The molecule has 15 heavy (non-hydrogen) atoms. The Kier molecular flexibility index (Phi) is 3.35. The van der Waals surface area contributed by atoms with Crippen LogP contribution in [0.4, 0.5) is 0 Å². The van der Waals surface area contributed by atoms with E-state index < -0.39 is 5.91 Å². The number of carbonyl (C=O) groups is 1. The van der Waals surface area contributed by atoms with Gasteiger partial charge in [-0.3, -0.25) is 10.2 Å². The summed E-state index contributed by atoms with van der Waals surface area (Å²) in [5.41, 5.74) is 2.21. The molecule has 0 atom stereocenters. The molecule has 0 saturated carbocycles. The average molecular weight is 212 g/mol. The van der Waals surface area contributed by atoms with Gasteiger partial charge in [0.15, 0.2) is 11.5 Å². The molecule has 1 aromatic rings. The van der Waals surface area contributed by atoms with Crippen molar-refractivity contribution in [3.8, 4) is 17.2 Å². The fraction of sp³-hybridized carbons (Fsp3) is 0.222. The Morgan fingerprint density at radius 3 is 2.13 bits per heavy atom. The number of phenolic OH excluding ortho intramolecular Hbond substituents is 1. The number of amides is 1. The van der Waals surface area contributed by atoms with Gasteiger partial charge in [-0.1, -0.05) is 0 Å². The van der Waals surface area contributed by atoms with E-state index in [-0.39, 0.29) is 22.8 Å². The number of hydrogen-bond acceptors (Lipinski definition) is 5. The molecule has 0 aromatic heterocycles. The largest absolute Gasteiger partial charge is 0.502 e. The normalized spacial score (nSPS) is 9.53. The fourth-order valence-corrected chi connectivity index (χ4v) is 1.11. The number of ether oxygens (including phenoxy) is 2. The second-order valence-electron chi connectivity index (χ2n) is 2.70. The Morgan fingerprint density at radius 1 is 1.33 bits per heavy atom. The van der Waals surface area contributed by atoms with Crippen LogP contribution in [0.2, 0.25) is 0 Å². The molecule has 82 valence electrons. The summed E-state index contributed by atoms with van der Waals surface area (Å²) in [6, 6.07) is 2.72. The number of hydrogen-bond donors (Lipinski definition) is 3. The van der Waals surface area contributed by atoms with Gasteiger partial charge in [0.25, 0.3) is 5.91 Å². The number of phenols is 1. The molecule has 0 saturated heterocycles. The Labute approximate surface area is 86.6 Å². The molecule has 0 heterocycles. The van der Waals surface area contributed by atoms with Crippen LogP contribution < -0.4 is 20.7 Å². The number of nitrogen functional groups attached to an aromatic ring is 1. The van der Waals surface area contributed by atoms with Gasteiger partial charge in [0.1, 0.15) is 0 Å². The number of nitrogens with two attached hydrogens (primary N) is 1. The highest BCUT2D eigenvalue weighted by Gasteiger charge is 2.14. The Bertz CT molecular complexity index is 353. The van der Waals surface area contributed by atoms with Crippen LogP contribution in [0.3, 0.4) is 0 Å². The summed E-state index contributed by atoms with van der Waals surface area (Å²) in [5, 5.41) is 9.55. The number of benzene rings is 1. The SMILES string of the molecule is COc1cc(C(=O)NN)cc(OC)c1O. The summed E-state index contributed by atoms with van der Waals surface area (Å²) in [7, 11) is 2.75. The van der Waals surface area contributed by atoms with Crippen molar-refractivity contribution in [2.24, 2.45) is 5.84 Å². The zero-order chi connectivity index (χ0) is 11.4. The van der Waals surface area contributed by atoms with Crippen LogP contribution in [0, 0.1) is 0 Å². The molecular formula is C9H12N2O4. The minimum absolute atomic E-state index is 0.146. The minimum Gasteiger partial charge on any atom is -0.502 e. The van der Waals surface area contributed by atoms with Crippen LogP contribution in [0.1, 0.15) is 10.4 Å². The molecule has 1 rings (SSSR count). The molecule has 0 aliphatic heterocycles. The maximum Gasteiger partial charge on any atom is 0.265 e. The van der Waals surface area contributed by atoms with Crippen LogP contribution in [0.5, 0.6) is 17.2 Å². The highest BCUT2D eigenvalue weighted by Crippen LogP contribution is 2.36. The predicted molar refractivity (Wildman–Crippen MR) is 52.9 cm³/mol. The lowest BCUT2D eigenvalue weighted by atomic mass is 10.1. The molecule has 1 amide bonds. The molecule has 0 radical (unpaired) electrons. The smallest absolute Gasteiger partial charge is 0.265 e. The number of rotatable bonds is 3. The molecule has 0 spiro atoms. The van der Waals surface area contributed by atoms with E-state index in [1.54, 1.807) is 0 Å². The maximum absolute atomic E-state index is 11.2. The molecule has 0 aliphatic rings. The van der Waals surface area contributed by atoms with Crippen LogP contribution in [-0.2, 0) is 0 Å². The van der Waals surface area contributed by atoms with Gasteiger partial charge in [-0.25, -0.2) is 5.84 Å². The number of hydrazine groups is 1. The third-order valence-corrected chi connectivity index (χ3v) is 1.87. The topological polar surface area (TPSA) is 93.8 Å². The fourth-order valence-electron chi connectivity index (χ4n) is 1.11. The lowest BCUT2D eigenvalue weighted by Gasteiger charge is -2.10. The first-order valence-corrected chi connectivity index (χ1v) is 4.10. The quantitative estimate of drug-likeness (QED) is 0.373. The third-order valence-electron chi connectivity index (χ3n) is 1.87. The van der Waals surface area contributed by atoms with Gasteiger partial charge in [-0.2, -0.15) is 0 Å². The molecule has 0 unspecified atom stereocenters. The van der Waals surface area contributed by atoms with Crippen molar-refractivity contribution >= 4 is 5.91 Å². The molecule has 6 nitrogen and oxygen atoms in total. The van der Waals surface area contributed by atoms with Crippen molar-refractivity contribution < 1.29 is 19.4 Å². The van der Waals surface area contributed by atoms with E-state index in [0.717, 1.165) is 0 Å². The maximum atomic E-state index is 11.2. The van der Waals surface area contributed by atoms with Crippen LogP contribution in [0.25, 0.3) is 0 Å². The first-order chi connectivity index (χ1) is 7.13. The van der Waals surface area contributed by atoms with Crippen molar-refractivity contribution in [1.82, 2.24) is 5.43 Å². The van der Waals surface area contributed by atoms with E-state index in [2.05, 4.69) is 0 Å². The molecule has 0 aliphatic carbocycles. The summed E-state index contributed by atoms with van der Waals surface area (Å²) >= 11 is 0. The van der Waals surface area contributed by atoms with Gasteiger partial charge in [-0.05, 0) is 12.1 Å². The van der Waals surface area contributed by atoms with E-state index in [9.17, 15) is 9.90 Å². The number of nitrogens with one attached hydrogen (secondary N) is 1. The third kappa shape index (κ3) is 2.10. The van der Waals surface area contributed by atoms with E-state index in [4.69, 9.17) is 15.3 Å². The number of methoxy groups -OCH3 is 2. The summed E-state index contributed by atoms with van der Waals surface area (Å²) in [5.74, 6) is 4.62. The molecule has 0 fully saturated rings. The minimum atomic E-state index is -0.494. The van der Waals surface area contributed by atoms with Crippen LogP contribution >= 0.6 is 0 Å². The molecular weight excluding hydrogens is 200 g/mol. The van der Waals surface area contributed by atoms with Crippen LogP contribution in [0.15, 0.2) is 12.1 Å². The highest BCUT2D eigenvalue weighted by atomic mass is 16.5. The van der Waals surface area contributed by atoms with Gasteiger partial charge >= 0.3 is 0 Å². The summed E-state index contributed by atoms with van der Waals surface area (Å²) in [6.07, 6.45) is 0.